The second-order valence-electron chi connectivity index (χ2n) is 3.61. The molecule has 0 saturated heterocycles. The van der Waals surface area contributed by atoms with Crippen LogP contribution in [0, 0.1) is 6.92 Å². The van der Waals surface area contributed by atoms with Crippen molar-refractivity contribution in [1.82, 2.24) is 4.98 Å². The Balaban J connectivity index is 3.11. The fourth-order valence-corrected chi connectivity index (χ4v) is 1.69. The summed E-state index contributed by atoms with van der Waals surface area (Å²) in [6.07, 6.45) is 2.47. The molecule has 0 radical (unpaired) electrons. The van der Waals surface area contributed by atoms with Crippen molar-refractivity contribution in [2.24, 2.45) is 0 Å². The van der Waals surface area contributed by atoms with Crippen molar-refractivity contribution in [2.45, 2.75) is 33.6 Å². The van der Waals surface area contributed by atoms with E-state index in [1.165, 1.54) is 0 Å². The zero-order chi connectivity index (χ0) is 12.1. The number of esters is 1. The molecule has 16 heavy (non-hydrogen) atoms. The molecule has 0 aliphatic heterocycles. The van der Waals surface area contributed by atoms with Crippen molar-refractivity contribution in [3.63, 3.8) is 0 Å². The molecule has 0 aromatic carbocycles. The molecule has 0 saturated carbocycles. The molecule has 1 aromatic rings. The first kappa shape index (κ1) is 12.5. The van der Waals surface area contributed by atoms with Gasteiger partial charge in [0, 0.05) is 11.3 Å². The molecule has 1 N–H and O–H groups in total. The number of aldehydes is 1. The highest BCUT2D eigenvalue weighted by Crippen LogP contribution is 2.18. The molecule has 0 amide bonds. The maximum Gasteiger partial charge on any atom is 0.355 e. The molecule has 0 aliphatic carbocycles. The maximum atomic E-state index is 11.6. The lowest BCUT2D eigenvalue weighted by Gasteiger charge is -1.99. The number of aromatic nitrogens is 1. The average molecular weight is 223 g/mol. The normalized spacial score (nSPS) is 10.2. The summed E-state index contributed by atoms with van der Waals surface area (Å²) in [4.78, 5) is 25.5. The standard InChI is InChI=1S/C12H17NO3/c1-4-6-10-9(7-14)8(3)11(13-10)12(15)16-5-2/h7,13H,4-6H2,1-3H3. The largest absolute Gasteiger partial charge is 0.461 e. The van der Waals surface area contributed by atoms with Gasteiger partial charge in [0.25, 0.3) is 0 Å². The third-order valence-corrected chi connectivity index (χ3v) is 2.48. The topological polar surface area (TPSA) is 59.2 Å². The van der Waals surface area contributed by atoms with Crippen LogP contribution in [0.3, 0.4) is 0 Å². The molecule has 88 valence electrons. The highest BCUT2D eigenvalue weighted by atomic mass is 16.5. The van der Waals surface area contributed by atoms with Gasteiger partial charge in [0.05, 0.1) is 6.61 Å². The van der Waals surface area contributed by atoms with Gasteiger partial charge in [0.2, 0.25) is 0 Å². The summed E-state index contributed by atoms with van der Waals surface area (Å²) in [5.74, 6) is -0.398. The second-order valence-corrected chi connectivity index (χ2v) is 3.61. The van der Waals surface area contributed by atoms with E-state index in [9.17, 15) is 9.59 Å². The van der Waals surface area contributed by atoms with Crippen molar-refractivity contribution in [3.05, 3.63) is 22.5 Å². The first-order valence-corrected chi connectivity index (χ1v) is 5.49. The van der Waals surface area contributed by atoms with Crippen LogP contribution in [-0.2, 0) is 11.2 Å². The summed E-state index contributed by atoms with van der Waals surface area (Å²) in [5, 5.41) is 0. The molecule has 0 atom stereocenters. The van der Waals surface area contributed by atoms with Gasteiger partial charge in [-0.2, -0.15) is 0 Å². The molecule has 4 heteroatoms. The highest BCUT2D eigenvalue weighted by molar-refractivity contribution is 5.93. The van der Waals surface area contributed by atoms with Crippen LogP contribution in [0.15, 0.2) is 0 Å². The van der Waals surface area contributed by atoms with E-state index >= 15 is 0 Å². The summed E-state index contributed by atoms with van der Waals surface area (Å²) >= 11 is 0. The molecule has 1 heterocycles. The molecule has 0 bridgehead atoms. The molecule has 0 fully saturated rings. The zero-order valence-corrected chi connectivity index (χ0v) is 9.92. The van der Waals surface area contributed by atoms with E-state index in [1.54, 1.807) is 13.8 Å². The Morgan fingerprint density at radius 3 is 2.62 bits per heavy atom. The lowest BCUT2D eigenvalue weighted by atomic mass is 10.1. The van der Waals surface area contributed by atoms with Gasteiger partial charge in [-0.1, -0.05) is 13.3 Å². The van der Waals surface area contributed by atoms with Crippen molar-refractivity contribution < 1.29 is 14.3 Å². The lowest BCUT2D eigenvalue weighted by molar-refractivity contribution is 0.0519. The number of hydrogen-bond donors (Lipinski definition) is 1. The molecule has 1 rings (SSSR count). The van der Waals surface area contributed by atoms with Gasteiger partial charge in [0.15, 0.2) is 6.29 Å². The van der Waals surface area contributed by atoms with Crippen LogP contribution in [-0.4, -0.2) is 23.8 Å². The first-order valence-electron chi connectivity index (χ1n) is 5.49. The van der Waals surface area contributed by atoms with Gasteiger partial charge in [0.1, 0.15) is 5.69 Å². The summed E-state index contributed by atoms with van der Waals surface area (Å²) in [6, 6.07) is 0. The van der Waals surface area contributed by atoms with Gasteiger partial charge in [-0.25, -0.2) is 4.79 Å². The van der Waals surface area contributed by atoms with Crippen LogP contribution in [0.1, 0.15) is 52.4 Å². The smallest absolute Gasteiger partial charge is 0.355 e. The average Bonchev–Trinajstić information content (AvgIpc) is 2.56. The van der Waals surface area contributed by atoms with Crippen LogP contribution < -0.4 is 0 Å². The predicted octanol–water partition coefficient (Wildman–Crippen LogP) is 2.26. The van der Waals surface area contributed by atoms with Crippen LogP contribution in [0.2, 0.25) is 0 Å². The monoisotopic (exact) mass is 223 g/mol. The van der Waals surface area contributed by atoms with Crippen LogP contribution in [0.4, 0.5) is 0 Å². The Labute approximate surface area is 95.0 Å². The van der Waals surface area contributed by atoms with Crippen LogP contribution in [0.25, 0.3) is 0 Å². The molecule has 0 spiro atoms. The molecule has 0 unspecified atom stereocenters. The zero-order valence-electron chi connectivity index (χ0n) is 9.92. The number of hydrogen-bond acceptors (Lipinski definition) is 3. The SMILES string of the molecule is CCCc1[nH]c(C(=O)OCC)c(C)c1C=O. The van der Waals surface area contributed by atoms with E-state index in [0.29, 0.717) is 23.4 Å². The minimum Gasteiger partial charge on any atom is -0.461 e. The van der Waals surface area contributed by atoms with E-state index in [1.807, 2.05) is 6.92 Å². The molecular weight excluding hydrogens is 206 g/mol. The fraction of sp³-hybridized carbons (Fsp3) is 0.500. The van der Waals surface area contributed by atoms with Crippen LogP contribution in [0.5, 0.6) is 0 Å². The number of aryl methyl sites for hydroxylation is 1. The van der Waals surface area contributed by atoms with E-state index in [-0.39, 0.29) is 0 Å². The van der Waals surface area contributed by atoms with Gasteiger partial charge in [-0.15, -0.1) is 0 Å². The van der Waals surface area contributed by atoms with Gasteiger partial charge < -0.3 is 9.72 Å². The summed E-state index contributed by atoms with van der Waals surface area (Å²) in [7, 11) is 0. The van der Waals surface area contributed by atoms with Crippen molar-refractivity contribution in [2.75, 3.05) is 6.61 Å². The van der Waals surface area contributed by atoms with Crippen molar-refractivity contribution >= 4 is 12.3 Å². The number of rotatable bonds is 5. The van der Waals surface area contributed by atoms with Gasteiger partial charge in [-0.05, 0) is 25.8 Å². The molecular formula is C12H17NO3. The Bertz CT molecular complexity index is 393. The first-order chi connectivity index (χ1) is 7.65. The van der Waals surface area contributed by atoms with Crippen LogP contribution >= 0.6 is 0 Å². The molecule has 0 aliphatic rings. The summed E-state index contributed by atoms with van der Waals surface area (Å²) in [6.45, 7) is 5.86. The number of nitrogens with one attached hydrogen (secondary N) is 1. The number of H-pyrrole nitrogens is 1. The number of aromatic amines is 1. The van der Waals surface area contributed by atoms with E-state index < -0.39 is 5.97 Å². The van der Waals surface area contributed by atoms with E-state index in [2.05, 4.69) is 4.98 Å². The maximum absolute atomic E-state index is 11.6. The third-order valence-electron chi connectivity index (χ3n) is 2.48. The van der Waals surface area contributed by atoms with E-state index in [4.69, 9.17) is 4.74 Å². The minimum atomic E-state index is -0.398. The molecule has 4 nitrogen and oxygen atoms in total. The highest BCUT2D eigenvalue weighted by Gasteiger charge is 2.18. The summed E-state index contributed by atoms with van der Waals surface area (Å²) in [5.41, 5.74) is 2.48. The number of ether oxygens (including phenoxy) is 1. The summed E-state index contributed by atoms with van der Waals surface area (Å²) < 4.78 is 4.91. The van der Waals surface area contributed by atoms with Crippen molar-refractivity contribution in [1.29, 1.82) is 0 Å². The number of carbonyl (C=O) groups excluding carboxylic acids is 2. The Morgan fingerprint density at radius 2 is 2.12 bits per heavy atom. The fourth-order valence-electron chi connectivity index (χ4n) is 1.69. The van der Waals surface area contributed by atoms with E-state index in [0.717, 1.165) is 24.8 Å². The molecule has 1 aromatic heterocycles. The Morgan fingerprint density at radius 1 is 1.44 bits per heavy atom. The number of carbonyl (C=O) groups is 2. The quantitative estimate of drug-likeness (QED) is 0.615. The van der Waals surface area contributed by atoms with Gasteiger partial charge in [-0.3, -0.25) is 4.79 Å². The van der Waals surface area contributed by atoms with Crippen molar-refractivity contribution in [3.8, 4) is 0 Å². The lowest BCUT2D eigenvalue weighted by Crippen LogP contribution is -2.06. The minimum absolute atomic E-state index is 0.330. The van der Waals surface area contributed by atoms with Gasteiger partial charge >= 0.3 is 5.97 Å². The predicted molar refractivity (Wildman–Crippen MR) is 60.9 cm³/mol. The third kappa shape index (κ3) is 2.32. The Hall–Kier alpha value is -1.58. The second kappa shape index (κ2) is 5.49. The Kier molecular flexibility index (Phi) is 4.28.